The molecule has 3 saturated heterocycles. The van der Waals surface area contributed by atoms with Gasteiger partial charge in [0, 0.05) is 41.5 Å². The zero-order chi connectivity index (χ0) is 20.1. The van der Waals surface area contributed by atoms with Crippen molar-refractivity contribution < 1.29 is 9.47 Å². The summed E-state index contributed by atoms with van der Waals surface area (Å²) in [5.74, 6) is 2.66. The van der Waals surface area contributed by atoms with Crippen molar-refractivity contribution in [1.29, 1.82) is 0 Å². The molecule has 7 rings (SSSR count). The summed E-state index contributed by atoms with van der Waals surface area (Å²) in [6.07, 6.45) is 1.86. The largest absolute Gasteiger partial charge is 0.487 e. The first-order valence-corrected chi connectivity index (χ1v) is 10.8. The maximum Gasteiger partial charge on any atom is 0.166 e. The van der Waals surface area contributed by atoms with Gasteiger partial charge in [-0.2, -0.15) is 5.10 Å². The summed E-state index contributed by atoms with van der Waals surface area (Å²) in [6, 6.07) is 5.90. The molecule has 2 saturated carbocycles. The van der Waals surface area contributed by atoms with Crippen molar-refractivity contribution in [2.75, 3.05) is 25.5 Å². The molecular weight excluding hydrogens is 366 g/mol. The number of nitrogens with zero attached hydrogens (tertiary/aromatic N) is 4. The number of nitrogens with two attached hydrogens (primary N) is 1. The van der Waals surface area contributed by atoms with Crippen molar-refractivity contribution in [2.24, 2.45) is 11.8 Å². The summed E-state index contributed by atoms with van der Waals surface area (Å²) in [5, 5.41) is 5.00. The lowest BCUT2D eigenvalue weighted by Crippen LogP contribution is -2.48. The molecule has 7 nitrogen and oxygen atoms in total. The molecule has 5 heterocycles. The number of fused-ring (bicyclic) bond motifs is 1. The third-order valence-electron chi connectivity index (χ3n) is 7.27. The average Bonchev–Trinajstić information content (AvgIpc) is 3.19. The van der Waals surface area contributed by atoms with Crippen molar-refractivity contribution in [3.05, 3.63) is 24.0 Å². The molecule has 5 fully saturated rings. The van der Waals surface area contributed by atoms with Crippen molar-refractivity contribution in [2.45, 2.75) is 57.3 Å². The fourth-order valence-electron chi connectivity index (χ4n) is 5.83. The molecule has 2 aromatic rings. The van der Waals surface area contributed by atoms with Crippen LogP contribution in [0.1, 0.15) is 39.4 Å². The van der Waals surface area contributed by atoms with Crippen LogP contribution in [0.15, 0.2) is 18.3 Å². The van der Waals surface area contributed by atoms with E-state index in [-0.39, 0.29) is 6.10 Å². The Balaban J connectivity index is 1.35. The molecule has 0 radical (unpaired) electrons. The van der Waals surface area contributed by atoms with Crippen LogP contribution in [-0.2, 0) is 10.2 Å². The molecule has 2 N–H and O–H groups in total. The topological polar surface area (TPSA) is 78.4 Å². The first-order chi connectivity index (χ1) is 13.9. The number of aromatic nitrogens is 3. The maximum atomic E-state index is 6.01. The van der Waals surface area contributed by atoms with Gasteiger partial charge in [0.15, 0.2) is 11.6 Å². The van der Waals surface area contributed by atoms with Crippen LogP contribution >= 0.6 is 0 Å². The Hall–Kier alpha value is -2.12. The number of nitrogen functional groups attached to an aromatic ring is 1. The minimum absolute atomic E-state index is 0.0489. The van der Waals surface area contributed by atoms with E-state index in [1.807, 2.05) is 19.9 Å². The summed E-state index contributed by atoms with van der Waals surface area (Å²) < 4.78 is 13.5. The summed E-state index contributed by atoms with van der Waals surface area (Å²) in [6.45, 7) is 11.4. The van der Waals surface area contributed by atoms with Gasteiger partial charge in [0.2, 0.25) is 0 Å². The van der Waals surface area contributed by atoms with Crippen LogP contribution in [0.3, 0.4) is 0 Å². The van der Waals surface area contributed by atoms with Crippen LogP contribution in [0.4, 0.5) is 5.82 Å². The van der Waals surface area contributed by atoms with Crippen LogP contribution in [0.2, 0.25) is 0 Å². The van der Waals surface area contributed by atoms with E-state index < -0.39 is 0 Å². The molecular formula is C22H29N5O2. The molecule has 4 atom stereocenters. The zero-order valence-corrected chi connectivity index (χ0v) is 17.5. The first kappa shape index (κ1) is 17.7. The summed E-state index contributed by atoms with van der Waals surface area (Å²) >= 11 is 0. The van der Waals surface area contributed by atoms with Crippen molar-refractivity contribution in [1.82, 2.24) is 19.7 Å². The SMILES string of the molecule is CC(C)Oc1cc(-c2cc([C@@]34[C@@H]5[C@H]3CN(C3COC3)[C@@H]54)n(C(C)C)n2)cnc1N. The van der Waals surface area contributed by atoms with Gasteiger partial charge in [0.05, 0.1) is 31.1 Å². The van der Waals surface area contributed by atoms with E-state index in [0.29, 0.717) is 35.1 Å². The van der Waals surface area contributed by atoms with Crippen molar-refractivity contribution in [3.8, 4) is 17.0 Å². The summed E-state index contributed by atoms with van der Waals surface area (Å²) in [7, 11) is 0. The predicted octanol–water partition coefficient (Wildman–Crippen LogP) is 2.48. The normalized spacial score (nSPS) is 32.6. The number of ether oxygens (including phenoxy) is 2. The minimum atomic E-state index is 0.0489. The molecule has 0 aromatic carbocycles. The van der Waals surface area contributed by atoms with Crippen LogP contribution in [0.25, 0.3) is 11.3 Å². The molecule has 5 aliphatic rings. The highest BCUT2D eigenvalue weighted by Crippen LogP contribution is 2.86. The van der Waals surface area contributed by atoms with Crippen molar-refractivity contribution in [3.63, 3.8) is 0 Å². The molecule has 2 bridgehead atoms. The van der Waals surface area contributed by atoms with Crippen LogP contribution in [0.5, 0.6) is 5.75 Å². The first-order valence-electron chi connectivity index (χ1n) is 10.8. The molecule has 0 spiro atoms. The third kappa shape index (κ3) is 2.26. The Kier molecular flexibility index (Phi) is 3.50. The Morgan fingerprint density at radius 3 is 2.66 bits per heavy atom. The van der Waals surface area contributed by atoms with Gasteiger partial charge < -0.3 is 15.2 Å². The molecule has 2 aliphatic carbocycles. The number of hydrogen-bond donors (Lipinski definition) is 1. The van der Waals surface area contributed by atoms with Gasteiger partial charge in [-0.3, -0.25) is 9.58 Å². The van der Waals surface area contributed by atoms with Crippen LogP contribution in [0, 0.1) is 11.8 Å². The number of hydrogen-bond acceptors (Lipinski definition) is 6. The molecule has 7 heteroatoms. The number of anilines is 1. The highest BCUT2D eigenvalue weighted by molar-refractivity contribution is 5.67. The van der Waals surface area contributed by atoms with E-state index in [1.54, 1.807) is 6.20 Å². The van der Waals surface area contributed by atoms with E-state index in [4.69, 9.17) is 20.3 Å². The van der Waals surface area contributed by atoms with Crippen LogP contribution in [-0.4, -0.2) is 57.6 Å². The third-order valence-corrected chi connectivity index (χ3v) is 7.27. The fraction of sp³-hybridized carbons (Fsp3) is 0.636. The van der Waals surface area contributed by atoms with Gasteiger partial charge in [-0.1, -0.05) is 0 Å². The monoisotopic (exact) mass is 395 g/mol. The Labute approximate surface area is 171 Å². The van der Waals surface area contributed by atoms with Gasteiger partial charge in [-0.25, -0.2) is 4.98 Å². The smallest absolute Gasteiger partial charge is 0.166 e. The Morgan fingerprint density at radius 1 is 1.24 bits per heavy atom. The molecule has 0 amide bonds. The second-order valence-electron chi connectivity index (χ2n) is 9.63. The van der Waals surface area contributed by atoms with Gasteiger partial charge in [-0.05, 0) is 51.7 Å². The quantitative estimate of drug-likeness (QED) is 0.810. The number of pyridine rings is 1. The standard InChI is InChI=1S/C22H29N5O2/c1-11(2)27-18(22-15-8-26(14-9-28-10-14)20(22)19(15)22)6-16(25-27)13-5-17(29-12(3)4)21(23)24-7-13/h5-7,11-12,14-15,19-20H,8-10H2,1-4H3,(H2,23,24)/t15-,19-,20+,22-/m1/s1. The van der Waals surface area contributed by atoms with E-state index in [2.05, 4.69) is 34.5 Å². The molecule has 2 aromatic heterocycles. The van der Waals surface area contributed by atoms with E-state index >= 15 is 0 Å². The van der Waals surface area contributed by atoms with Crippen LogP contribution < -0.4 is 10.5 Å². The van der Waals surface area contributed by atoms with E-state index in [0.717, 1.165) is 36.3 Å². The predicted molar refractivity (Wildman–Crippen MR) is 110 cm³/mol. The highest BCUT2D eigenvalue weighted by atomic mass is 16.5. The molecule has 29 heavy (non-hydrogen) atoms. The Morgan fingerprint density at radius 2 is 2.03 bits per heavy atom. The van der Waals surface area contributed by atoms with E-state index in [1.165, 1.54) is 12.2 Å². The number of rotatable bonds is 6. The average molecular weight is 396 g/mol. The second-order valence-corrected chi connectivity index (χ2v) is 9.63. The van der Waals surface area contributed by atoms with E-state index in [9.17, 15) is 0 Å². The lowest BCUT2D eigenvalue weighted by molar-refractivity contribution is -0.0601. The molecule has 0 unspecified atom stereocenters. The zero-order valence-electron chi connectivity index (χ0n) is 17.5. The minimum Gasteiger partial charge on any atom is -0.487 e. The van der Waals surface area contributed by atoms with Crippen molar-refractivity contribution >= 4 is 5.82 Å². The highest BCUT2D eigenvalue weighted by Gasteiger charge is 2.94. The summed E-state index contributed by atoms with van der Waals surface area (Å²) in [4.78, 5) is 7.06. The Bertz CT molecular complexity index is 976. The second kappa shape index (κ2) is 5.73. The molecule has 154 valence electrons. The summed E-state index contributed by atoms with van der Waals surface area (Å²) in [5.41, 5.74) is 9.65. The van der Waals surface area contributed by atoms with Gasteiger partial charge >= 0.3 is 0 Å². The lowest BCUT2D eigenvalue weighted by Gasteiger charge is -2.34. The number of piperidine rings is 1. The lowest BCUT2D eigenvalue weighted by atomic mass is 10.0. The molecule has 3 aliphatic heterocycles. The maximum absolute atomic E-state index is 6.01. The fourth-order valence-corrected chi connectivity index (χ4v) is 5.83. The van der Waals surface area contributed by atoms with Gasteiger partial charge in [0.1, 0.15) is 0 Å². The van der Waals surface area contributed by atoms with Gasteiger partial charge in [0.25, 0.3) is 0 Å². The van der Waals surface area contributed by atoms with Gasteiger partial charge in [-0.15, -0.1) is 0 Å².